The molecule has 0 aromatic heterocycles. The van der Waals surface area contributed by atoms with Crippen LogP contribution in [-0.2, 0) is 4.74 Å². The van der Waals surface area contributed by atoms with Crippen LogP contribution >= 0.6 is 18.5 Å². The predicted molar refractivity (Wildman–Crippen MR) is 51.5 cm³/mol. The lowest BCUT2D eigenvalue weighted by atomic mass is 9.98. The first kappa shape index (κ1) is 9.77. The Hall–Kier alpha value is 0.680. The molecule has 1 nitrogen and oxygen atoms in total. The average molecular weight is 195 g/mol. The summed E-state index contributed by atoms with van der Waals surface area (Å²) >= 11 is 6.21. The fraction of sp³-hybridized carbons (Fsp3) is 1.00. The van der Waals surface area contributed by atoms with Crippen LogP contribution in [0, 0.1) is 5.41 Å². The maximum Gasteiger partial charge on any atom is 0.0955 e. The van der Waals surface area contributed by atoms with E-state index in [0.717, 1.165) is 13.0 Å². The van der Waals surface area contributed by atoms with Crippen molar-refractivity contribution in [2.75, 3.05) is 12.8 Å². The Morgan fingerprint density at radius 1 is 1.45 bits per heavy atom. The molecule has 3 heteroatoms. The molecule has 0 aromatic carbocycles. The van der Waals surface area contributed by atoms with E-state index in [4.69, 9.17) is 16.0 Å². The Morgan fingerprint density at radius 3 is 2.45 bits per heavy atom. The highest BCUT2D eigenvalue weighted by atomic mass is 35.7. The van der Waals surface area contributed by atoms with Gasteiger partial charge in [-0.1, -0.05) is 32.0 Å². The molecule has 2 unspecified atom stereocenters. The number of hydrogen-bond acceptors (Lipinski definition) is 1. The summed E-state index contributed by atoms with van der Waals surface area (Å²) in [4.78, 5) is 0. The third-order valence-electron chi connectivity index (χ3n) is 1.79. The fourth-order valence-electron chi connectivity index (χ4n) is 1.28. The van der Waals surface area contributed by atoms with Crippen molar-refractivity contribution in [3.63, 3.8) is 0 Å². The Balaban J connectivity index is 2.55. The summed E-state index contributed by atoms with van der Waals surface area (Å²) in [6.45, 7) is 7.48. The van der Waals surface area contributed by atoms with Crippen molar-refractivity contribution >= 4 is 18.5 Å². The van der Waals surface area contributed by atoms with Gasteiger partial charge in [0.2, 0.25) is 0 Å². The van der Waals surface area contributed by atoms with Crippen molar-refractivity contribution in [3.8, 4) is 0 Å². The Kier molecular flexibility index (Phi) is 3.19. The normalized spacial score (nSPS) is 33.8. The molecule has 1 rings (SSSR count). The highest BCUT2D eigenvalue weighted by Gasteiger charge is 2.33. The lowest BCUT2D eigenvalue weighted by Gasteiger charge is -2.37. The van der Waals surface area contributed by atoms with E-state index in [9.17, 15) is 0 Å². The molecular weight excluding hydrogens is 179 g/mol. The van der Waals surface area contributed by atoms with E-state index in [0.29, 0.717) is 5.85 Å². The van der Waals surface area contributed by atoms with E-state index in [-0.39, 0.29) is 5.41 Å². The molecule has 0 N–H and O–H groups in total. The van der Waals surface area contributed by atoms with Crippen LogP contribution in [-0.4, -0.2) is 18.6 Å². The smallest absolute Gasteiger partial charge is 0.0955 e. The van der Waals surface area contributed by atoms with Gasteiger partial charge in [0.05, 0.1) is 5.85 Å². The van der Waals surface area contributed by atoms with Crippen LogP contribution in [0.1, 0.15) is 27.2 Å². The van der Waals surface area contributed by atoms with Crippen molar-refractivity contribution < 1.29 is 4.74 Å². The van der Waals surface area contributed by atoms with Gasteiger partial charge in [0.1, 0.15) is 0 Å². The van der Waals surface area contributed by atoms with Crippen LogP contribution in [0.4, 0.5) is 0 Å². The second-order valence-corrected chi connectivity index (χ2v) is 7.08. The molecule has 1 heterocycles. The number of rotatable bonds is 0. The quantitative estimate of drug-likeness (QED) is 0.537. The molecule has 0 spiro atoms. The van der Waals surface area contributed by atoms with Gasteiger partial charge in [-0.25, -0.2) is 0 Å². The van der Waals surface area contributed by atoms with E-state index in [1.54, 1.807) is 0 Å². The minimum Gasteiger partial charge on any atom is -0.372 e. The highest BCUT2D eigenvalue weighted by Crippen LogP contribution is 2.55. The molecule has 66 valence electrons. The van der Waals surface area contributed by atoms with Crippen molar-refractivity contribution in [1.82, 2.24) is 0 Å². The average Bonchev–Trinajstić information content (AvgIpc) is 1.86. The molecule has 0 bridgehead atoms. The molecule has 1 fully saturated rings. The van der Waals surface area contributed by atoms with Crippen LogP contribution < -0.4 is 0 Å². The van der Waals surface area contributed by atoms with Gasteiger partial charge in [-0.3, -0.25) is 0 Å². The minimum absolute atomic E-state index is 0.216. The van der Waals surface area contributed by atoms with Gasteiger partial charge in [-0.15, -0.1) is 0 Å². The van der Waals surface area contributed by atoms with Crippen LogP contribution in [0.5, 0.6) is 0 Å². The maximum atomic E-state index is 6.21. The molecule has 0 aliphatic carbocycles. The van der Waals surface area contributed by atoms with Crippen molar-refractivity contribution in [1.29, 1.82) is 0 Å². The maximum absolute atomic E-state index is 6.21. The summed E-state index contributed by atoms with van der Waals surface area (Å²) in [5.74, 6) is 0.299. The molecule has 1 saturated heterocycles. The molecule has 0 amide bonds. The van der Waals surface area contributed by atoms with Gasteiger partial charge in [-0.2, -0.15) is 0 Å². The molecule has 0 saturated carbocycles. The van der Waals surface area contributed by atoms with Crippen molar-refractivity contribution in [2.45, 2.75) is 33.0 Å². The molecule has 1 aliphatic heterocycles. The van der Waals surface area contributed by atoms with Crippen LogP contribution in [0.2, 0.25) is 0 Å². The molecule has 0 radical (unpaired) electrons. The predicted octanol–water partition coefficient (Wildman–Crippen LogP) is 3.41. The second-order valence-electron chi connectivity index (χ2n) is 4.07. The van der Waals surface area contributed by atoms with E-state index < -0.39 is 7.27 Å². The van der Waals surface area contributed by atoms with Gasteiger partial charge in [0.25, 0.3) is 0 Å². The third kappa shape index (κ3) is 2.57. The number of ether oxygens (including phenoxy) is 1. The summed E-state index contributed by atoms with van der Waals surface area (Å²) in [5.41, 5.74) is 0.216. The van der Waals surface area contributed by atoms with Crippen molar-refractivity contribution in [2.24, 2.45) is 5.41 Å². The summed E-state index contributed by atoms with van der Waals surface area (Å²) < 4.78 is 5.65. The Morgan fingerprint density at radius 2 is 2.09 bits per heavy atom. The molecular formula is C8H16ClOP. The van der Waals surface area contributed by atoms with Crippen LogP contribution in [0.3, 0.4) is 0 Å². The molecule has 0 aromatic rings. The second kappa shape index (κ2) is 3.60. The Labute approximate surface area is 75.0 Å². The summed E-state index contributed by atoms with van der Waals surface area (Å²) in [7, 11) is -0.393. The molecule has 1 aliphatic rings. The van der Waals surface area contributed by atoms with Gasteiger partial charge in [-0.05, 0) is 18.0 Å². The summed E-state index contributed by atoms with van der Waals surface area (Å²) in [5, 5.41) is 0. The number of hydrogen-bond donors (Lipinski definition) is 0. The van der Waals surface area contributed by atoms with Gasteiger partial charge < -0.3 is 4.74 Å². The third-order valence-corrected chi connectivity index (χ3v) is 5.00. The zero-order chi connectivity index (χ0) is 8.48. The zero-order valence-corrected chi connectivity index (χ0v) is 9.08. The fourth-order valence-corrected chi connectivity index (χ4v) is 4.46. The van der Waals surface area contributed by atoms with Gasteiger partial charge >= 0.3 is 0 Å². The highest BCUT2D eigenvalue weighted by molar-refractivity contribution is 7.84. The first-order chi connectivity index (χ1) is 5.02. The van der Waals surface area contributed by atoms with Crippen LogP contribution in [0.15, 0.2) is 0 Å². The topological polar surface area (TPSA) is 9.23 Å². The summed E-state index contributed by atoms with van der Waals surface area (Å²) in [6, 6.07) is 0. The van der Waals surface area contributed by atoms with Crippen LogP contribution in [0.25, 0.3) is 0 Å². The lowest BCUT2D eigenvalue weighted by molar-refractivity contribution is 0.0342. The van der Waals surface area contributed by atoms with E-state index >= 15 is 0 Å². The largest absolute Gasteiger partial charge is 0.372 e. The van der Waals surface area contributed by atoms with Crippen molar-refractivity contribution in [3.05, 3.63) is 0 Å². The van der Waals surface area contributed by atoms with E-state index in [1.165, 1.54) is 6.16 Å². The number of halogens is 1. The Bertz CT molecular complexity index is 133. The van der Waals surface area contributed by atoms with E-state index in [1.807, 2.05) is 0 Å². The first-order valence-electron chi connectivity index (χ1n) is 4.06. The first-order valence-corrected chi connectivity index (χ1v) is 6.56. The van der Waals surface area contributed by atoms with Gasteiger partial charge in [0.15, 0.2) is 0 Å². The molecule has 11 heavy (non-hydrogen) atoms. The van der Waals surface area contributed by atoms with E-state index in [2.05, 4.69) is 20.8 Å². The SMILES string of the molecule is CC(C)(C)C1OCCCP1Cl. The summed E-state index contributed by atoms with van der Waals surface area (Å²) in [6.07, 6.45) is 2.31. The minimum atomic E-state index is -0.393. The lowest BCUT2D eigenvalue weighted by Crippen LogP contribution is -2.30. The zero-order valence-electron chi connectivity index (χ0n) is 7.43. The van der Waals surface area contributed by atoms with Gasteiger partial charge in [0, 0.05) is 13.9 Å². The molecule has 2 atom stereocenters. The monoisotopic (exact) mass is 194 g/mol. The standard InChI is InChI=1S/C8H16ClOP/c1-8(2,3)7-10-5-4-6-11(7)9/h7H,4-6H2,1-3H3.